The molecule has 132 valence electrons. The molecule has 0 amide bonds. The van der Waals surface area contributed by atoms with Crippen LogP contribution in [0, 0.1) is 0 Å². The van der Waals surface area contributed by atoms with Gasteiger partial charge in [-0.3, -0.25) is 4.90 Å². The number of piperidine rings is 1. The molecule has 2 aromatic rings. The van der Waals surface area contributed by atoms with Gasteiger partial charge in [0, 0.05) is 42.5 Å². The molecular weight excluding hydrogens is 318 g/mol. The van der Waals surface area contributed by atoms with Gasteiger partial charge in [0.15, 0.2) is 11.5 Å². The van der Waals surface area contributed by atoms with E-state index in [-0.39, 0.29) is 0 Å². The molecule has 0 aliphatic carbocycles. The summed E-state index contributed by atoms with van der Waals surface area (Å²) in [5, 5.41) is 0. The zero-order valence-corrected chi connectivity index (χ0v) is 14.5. The summed E-state index contributed by atoms with van der Waals surface area (Å²) in [4.78, 5) is 10.9. The Morgan fingerprint density at radius 2 is 2.08 bits per heavy atom. The fraction of sp³-hybridized carbons (Fsp3) is 0.474. The van der Waals surface area contributed by atoms with Gasteiger partial charge in [0.2, 0.25) is 0 Å². The fourth-order valence-corrected chi connectivity index (χ4v) is 3.65. The Balaban J connectivity index is 1.51. The van der Waals surface area contributed by atoms with Crippen LogP contribution in [0.4, 0.5) is 0 Å². The number of aromatic nitrogens is 2. The van der Waals surface area contributed by atoms with Crippen molar-refractivity contribution in [2.24, 2.45) is 0 Å². The average Bonchev–Trinajstić information content (AvgIpc) is 2.68. The highest BCUT2D eigenvalue weighted by Crippen LogP contribution is 2.38. The van der Waals surface area contributed by atoms with Gasteiger partial charge < -0.3 is 14.2 Å². The first-order valence-electron chi connectivity index (χ1n) is 8.78. The van der Waals surface area contributed by atoms with Crippen molar-refractivity contribution in [3.8, 4) is 17.2 Å². The van der Waals surface area contributed by atoms with E-state index in [1.54, 1.807) is 13.4 Å². The van der Waals surface area contributed by atoms with E-state index in [2.05, 4.69) is 20.9 Å². The zero-order valence-electron chi connectivity index (χ0n) is 14.5. The Morgan fingerprint density at radius 3 is 2.84 bits per heavy atom. The lowest BCUT2D eigenvalue weighted by molar-refractivity contribution is 0.168. The van der Waals surface area contributed by atoms with E-state index in [4.69, 9.17) is 14.2 Å². The molecule has 1 aromatic heterocycles. The van der Waals surface area contributed by atoms with E-state index in [0.717, 1.165) is 48.1 Å². The number of fused-ring (bicyclic) bond motifs is 1. The lowest BCUT2D eigenvalue weighted by atomic mass is 9.94. The maximum atomic E-state index is 5.73. The van der Waals surface area contributed by atoms with Crippen LogP contribution in [0.15, 0.2) is 30.7 Å². The van der Waals surface area contributed by atoms with Crippen LogP contribution in [0.2, 0.25) is 0 Å². The predicted molar refractivity (Wildman–Crippen MR) is 93.3 cm³/mol. The van der Waals surface area contributed by atoms with Crippen molar-refractivity contribution in [2.45, 2.75) is 25.3 Å². The predicted octanol–water partition coefficient (Wildman–Crippen LogP) is 2.64. The highest BCUT2D eigenvalue weighted by atomic mass is 16.6. The van der Waals surface area contributed by atoms with Gasteiger partial charge in [0.05, 0.1) is 7.11 Å². The Bertz CT molecular complexity index is 723. The molecule has 25 heavy (non-hydrogen) atoms. The van der Waals surface area contributed by atoms with Gasteiger partial charge >= 0.3 is 0 Å². The molecule has 3 heterocycles. The third-order valence-electron chi connectivity index (χ3n) is 4.87. The van der Waals surface area contributed by atoms with E-state index in [0.29, 0.717) is 19.1 Å². The summed E-state index contributed by atoms with van der Waals surface area (Å²) in [7, 11) is 1.70. The van der Waals surface area contributed by atoms with E-state index < -0.39 is 0 Å². The smallest absolute Gasteiger partial charge is 0.165 e. The molecule has 1 atom stereocenters. The standard InChI is InChI=1S/C19H23N3O3/c1-23-17-10-19-18(24-7-8-25-19)9-15(17)12-22-6-2-3-14(11-22)16-4-5-20-13-21-16/h4-5,9-10,13-14H,2-3,6-8,11-12H2,1H3. The van der Waals surface area contributed by atoms with Crippen molar-refractivity contribution < 1.29 is 14.2 Å². The van der Waals surface area contributed by atoms with Crippen LogP contribution in [0.25, 0.3) is 0 Å². The van der Waals surface area contributed by atoms with Crippen LogP contribution in [0.1, 0.15) is 30.0 Å². The Kier molecular flexibility index (Phi) is 4.70. The molecule has 4 rings (SSSR count). The Hall–Kier alpha value is -2.34. The average molecular weight is 341 g/mol. The summed E-state index contributed by atoms with van der Waals surface area (Å²) in [6.07, 6.45) is 5.80. The van der Waals surface area contributed by atoms with Crippen molar-refractivity contribution in [3.05, 3.63) is 42.0 Å². The summed E-state index contributed by atoms with van der Waals surface area (Å²) in [6.45, 7) is 4.09. The van der Waals surface area contributed by atoms with Gasteiger partial charge in [-0.05, 0) is 31.5 Å². The summed E-state index contributed by atoms with van der Waals surface area (Å²) in [5.74, 6) is 2.89. The summed E-state index contributed by atoms with van der Waals surface area (Å²) < 4.78 is 17.0. The number of hydrogen-bond donors (Lipinski definition) is 0. The number of ether oxygens (including phenoxy) is 3. The van der Waals surface area contributed by atoms with Crippen molar-refractivity contribution in [1.82, 2.24) is 14.9 Å². The zero-order chi connectivity index (χ0) is 17.1. The van der Waals surface area contributed by atoms with Crippen LogP contribution in [-0.4, -0.2) is 48.3 Å². The van der Waals surface area contributed by atoms with Crippen molar-refractivity contribution in [3.63, 3.8) is 0 Å². The first kappa shape index (κ1) is 16.1. The van der Waals surface area contributed by atoms with Crippen LogP contribution in [-0.2, 0) is 6.54 Å². The summed E-state index contributed by atoms with van der Waals surface area (Å²) >= 11 is 0. The number of methoxy groups -OCH3 is 1. The largest absolute Gasteiger partial charge is 0.496 e. The fourth-order valence-electron chi connectivity index (χ4n) is 3.65. The van der Waals surface area contributed by atoms with Gasteiger partial charge in [-0.15, -0.1) is 0 Å². The minimum atomic E-state index is 0.458. The first-order chi connectivity index (χ1) is 12.3. The van der Waals surface area contributed by atoms with Crippen molar-refractivity contribution in [2.75, 3.05) is 33.4 Å². The van der Waals surface area contributed by atoms with Gasteiger partial charge in [0.1, 0.15) is 25.3 Å². The third-order valence-corrected chi connectivity index (χ3v) is 4.87. The molecule has 2 aliphatic rings. The van der Waals surface area contributed by atoms with E-state index in [1.165, 1.54) is 12.8 Å². The topological polar surface area (TPSA) is 56.7 Å². The van der Waals surface area contributed by atoms with Gasteiger partial charge in [-0.25, -0.2) is 9.97 Å². The highest BCUT2D eigenvalue weighted by Gasteiger charge is 2.24. The molecule has 1 saturated heterocycles. The molecule has 1 aromatic carbocycles. The normalized spacial score (nSPS) is 20.3. The second-order valence-corrected chi connectivity index (χ2v) is 6.52. The number of likely N-dealkylation sites (tertiary alicyclic amines) is 1. The maximum Gasteiger partial charge on any atom is 0.165 e. The van der Waals surface area contributed by atoms with E-state index in [9.17, 15) is 0 Å². The SMILES string of the molecule is COc1cc2c(cc1CN1CCCC(c3ccncn3)C1)OCCO2. The van der Waals surface area contributed by atoms with Crippen LogP contribution in [0.3, 0.4) is 0 Å². The summed E-state index contributed by atoms with van der Waals surface area (Å²) in [5.41, 5.74) is 2.27. The lowest BCUT2D eigenvalue weighted by Gasteiger charge is -2.33. The minimum absolute atomic E-state index is 0.458. The molecule has 0 N–H and O–H groups in total. The third kappa shape index (κ3) is 3.54. The second kappa shape index (κ2) is 7.27. The number of hydrogen-bond acceptors (Lipinski definition) is 6. The molecule has 1 fully saturated rings. The van der Waals surface area contributed by atoms with Crippen LogP contribution >= 0.6 is 0 Å². The van der Waals surface area contributed by atoms with Crippen LogP contribution in [0.5, 0.6) is 17.2 Å². The number of benzene rings is 1. The second-order valence-electron chi connectivity index (χ2n) is 6.52. The molecule has 0 saturated carbocycles. The quantitative estimate of drug-likeness (QED) is 0.852. The molecule has 2 aliphatic heterocycles. The monoisotopic (exact) mass is 341 g/mol. The van der Waals surface area contributed by atoms with E-state index >= 15 is 0 Å². The molecule has 0 radical (unpaired) electrons. The van der Waals surface area contributed by atoms with Gasteiger partial charge in [0.25, 0.3) is 0 Å². The molecule has 6 nitrogen and oxygen atoms in total. The lowest BCUT2D eigenvalue weighted by Crippen LogP contribution is -2.34. The molecular formula is C19H23N3O3. The summed E-state index contributed by atoms with van der Waals surface area (Å²) in [6, 6.07) is 6.02. The van der Waals surface area contributed by atoms with Gasteiger partial charge in [-0.2, -0.15) is 0 Å². The molecule has 0 bridgehead atoms. The van der Waals surface area contributed by atoms with Crippen molar-refractivity contribution >= 4 is 0 Å². The highest BCUT2D eigenvalue weighted by molar-refractivity contribution is 5.51. The van der Waals surface area contributed by atoms with Gasteiger partial charge in [-0.1, -0.05) is 0 Å². The Labute approximate surface area is 147 Å². The van der Waals surface area contributed by atoms with Crippen molar-refractivity contribution in [1.29, 1.82) is 0 Å². The Morgan fingerprint density at radius 1 is 1.24 bits per heavy atom. The molecule has 1 unspecified atom stereocenters. The molecule has 6 heteroatoms. The molecule has 0 spiro atoms. The maximum absolute atomic E-state index is 5.73. The van der Waals surface area contributed by atoms with E-state index in [1.807, 2.05) is 18.3 Å². The minimum Gasteiger partial charge on any atom is -0.496 e. The first-order valence-corrected chi connectivity index (χ1v) is 8.78. The van der Waals surface area contributed by atoms with Crippen LogP contribution < -0.4 is 14.2 Å². The number of rotatable bonds is 4. The number of nitrogens with zero attached hydrogens (tertiary/aromatic N) is 3.